The molecular weight excluding hydrogens is 434 g/mol. The Morgan fingerprint density at radius 3 is 2.53 bits per heavy atom. The number of aromatic amines is 1. The number of rotatable bonds is 5. The maximum absolute atomic E-state index is 12.8. The first-order chi connectivity index (χ1) is 16.4. The first kappa shape index (κ1) is 21.1. The maximum atomic E-state index is 12.8. The second-order valence-electron chi connectivity index (χ2n) is 7.87. The van der Waals surface area contributed by atoms with Crippen molar-refractivity contribution in [2.75, 3.05) is 0 Å². The molecule has 9 heteroatoms. The summed E-state index contributed by atoms with van der Waals surface area (Å²) >= 11 is 0. The molecule has 0 aliphatic rings. The fourth-order valence-electron chi connectivity index (χ4n) is 4.15. The van der Waals surface area contributed by atoms with Crippen LogP contribution >= 0.6 is 0 Å². The van der Waals surface area contributed by atoms with Crippen LogP contribution in [-0.2, 0) is 6.54 Å². The lowest BCUT2D eigenvalue weighted by Crippen LogP contribution is -2.32. The van der Waals surface area contributed by atoms with Gasteiger partial charge in [-0.05, 0) is 30.7 Å². The van der Waals surface area contributed by atoms with Crippen molar-refractivity contribution in [3.8, 4) is 0 Å². The van der Waals surface area contributed by atoms with Crippen LogP contribution in [0.25, 0.3) is 21.8 Å². The molecule has 0 atom stereocenters. The monoisotopic (exact) mass is 453 g/mol. The Labute approximate surface area is 192 Å². The van der Waals surface area contributed by atoms with Crippen molar-refractivity contribution in [1.82, 2.24) is 14.2 Å². The minimum atomic E-state index is -0.627. The minimum absolute atomic E-state index is 0.0308. The molecule has 0 saturated carbocycles. The highest BCUT2D eigenvalue weighted by atomic mass is 16.6. The second kappa shape index (κ2) is 8.28. The van der Waals surface area contributed by atoms with E-state index >= 15 is 0 Å². The number of nitrogens with zero attached hydrogens (tertiary/aromatic N) is 4. The van der Waals surface area contributed by atoms with E-state index in [1.807, 2.05) is 41.8 Å². The van der Waals surface area contributed by atoms with Crippen LogP contribution in [0.4, 0.5) is 5.69 Å². The molecule has 2 heterocycles. The van der Waals surface area contributed by atoms with E-state index < -0.39 is 16.2 Å². The number of benzene rings is 3. The summed E-state index contributed by atoms with van der Waals surface area (Å²) in [5.74, 6) is 0. The zero-order chi connectivity index (χ0) is 23.8. The van der Waals surface area contributed by atoms with Gasteiger partial charge in [0.1, 0.15) is 0 Å². The average molecular weight is 453 g/mol. The molecule has 0 fully saturated rings. The number of para-hydroxylation sites is 2. The summed E-state index contributed by atoms with van der Waals surface area (Å²) in [7, 11) is 0. The Morgan fingerprint density at radius 2 is 1.74 bits per heavy atom. The predicted molar refractivity (Wildman–Crippen MR) is 131 cm³/mol. The van der Waals surface area contributed by atoms with Crippen molar-refractivity contribution in [3.05, 3.63) is 121 Å². The molecule has 0 bridgehead atoms. The van der Waals surface area contributed by atoms with Crippen LogP contribution in [-0.4, -0.2) is 25.4 Å². The lowest BCUT2D eigenvalue weighted by atomic mass is 10.1. The Balaban J connectivity index is 1.62. The van der Waals surface area contributed by atoms with Gasteiger partial charge in [0.05, 0.1) is 22.0 Å². The summed E-state index contributed by atoms with van der Waals surface area (Å²) < 4.78 is 2.84. The molecule has 0 spiro atoms. The molecule has 5 aromatic rings. The van der Waals surface area contributed by atoms with Gasteiger partial charge in [-0.1, -0.05) is 42.5 Å². The molecule has 0 unspecified atom stereocenters. The lowest BCUT2D eigenvalue weighted by Gasteiger charge is -2.08. The number of aromatic nitrogens is 3. The third kappa shape index (κ3) is 3.58. The molecule has 5 rings (SSSR count). The van der Waals surface area contributed by atoms with Crippen LogP contribution in [0.3, 0.4) is 0 Å². The first-order valence-electron chi connectivity index (χ1n) is 10.5. The Bertz CT molecular complexity index is 1730. The molecule has 1 N–H and O–H groups in total. The molecule has 0 amide bonds. The second-order valence-corrected chi connectivity index (χ2v) is 7.87. The summed E-state index contributed by atoms with van der Waals surface area (Å²) in [4.78, 5) is 38.7. The fourth-order valence-corrected chi connectivity index (χ4v) is 4.15. The van der Waals surface area contributed by atoms with Crippen molar-refractivity contribution < 1.29 is 4.92 Å². The quantitative estimate of drug-likeness (QED) is 0.248. The highest BCUT2D eigenvalue weighted by molar-refractivity contribution is 6.01. The predicted octanol–water partition coefficient (Wildman–Crippen LogP) is 3.79. The van der Waals surface area contributed by atoms with E-state index in [4.69, 9.17) is 0 Å². The Morgan fingerprint density at radius 1 is 1.00 bits per heavy atom. The van der Waals surface area contributed by atoms with Crippen molar-refractivity contribution >= 4 is 33.7 Å². The smallest absolute Gasteiger partial charge is 0.340 e. The summed E-state index contributed by atoms with van der Waals surface area (Å²) in [5.41, 5.74) is 2.64. The number of hydrogen-bond donors (Lipinski definition) is 1. The van der Waals surface area contributed by atoms with E-state index in [2.05, 4.69) is 10.1 Å². The number of H-pyrrole nitrogens is 1. The van der Waals surface area contributed by atoms with Crippen molar-refractivity contribution in [2.45, 2.75) is 13.5 Å². The average Bonchev–Trinajstić information content (AvgIpc) is 3.10. The topological polar surface area (TPSA) is 115 Å². The van der Waals surface area contributed by atoms with Gasteiger partial charge in [-0.25, -0.2) is 4.79 Å². The molecule has 2 aromatic heterocycles. The van der Waals surface area contributed by atoms with Crippen molar-refractivity contribution in [1.29, 1.82) is 0 Å². The van der Waals surface area contributed by atoms with Gasteiger partial charge in [0.25, 0.3) is 11.2 Å². The molecule has 34 heavy (non-hydrogen) atoms. The normalized spacial score (nSPS) is 11.6. The van der Waals surface area contributed by atoms with E-state index in [9.17, 15) is 19.7 Å². The fraction of sp³-hybridized carbons (Fsp3) is 0.0800. The third-order valence-corrected chi connectivity index (χ3v) is 5.83. The van der Waals surface area contributed by atoms with Gasteiger partial charge in [-0.2, -0.15) is 5.10 Å². The molecule has 0 aliphatic carbocycles. The minimum Gasteiger partial charge on any atom is -0.340 e. The SMILES string of the molecule is Cc1c(C=Nn2c(=O)[nH]c3ccccc3c2=O)c2ccccc2n1Cc1cccc([N+](=O)[O-])c1. The van der Waals surface area contributed by atoms with E-state index in [1.165, 1.54) is 12.3 Å². The summed E-state index contributed by atoms with van der Waals surface area (Å²) in [5, 5.41) is 16.7. The highest BCUT2D eigenvalue weighted by Crippen LogP contribution is 2.26. The first-order valence-corrected chi connectivity index (χ1v) is 10.5. The van der Waals surface area contributed by atoms with Crippen molar-refractivity contribution in [2.24, 2.45) is 5.10 Å². The van der Waals surface area contributed by atoms with Crippen LogP contribution in [0.15, 0.2) is 87.5 Å². The van der Waals surface area contributed by atoms with Crippen LogP contribution in [0.1, 0.15) is 16.8 Å². The molecule has 3 aromatic carbocycles. The largest absolute Gasteiger partial charge is 0.349 e. The molecule has 168 valence electrons. The van der Waals surface area contributed by atoms with Crippen molar-refractivity contribution in [3.63, 3.8) is 0 Å². The van der Waals surface area contributed by atoms with E-state index in [-0.39, 0.29) is 5.69 Å². The van der Waals surface area contributed by atoms with E-state index in [0.29, 0.717) is 17.4 Å². The zero-order valence-corrected chi connectivity index (χ0v) is 18.1. The van der Waals surface area contributed by atoms with E-state index in [0.717, 1.165) is 32.4 Å². The number of nitrogens with one attached hydrogen (secondary N) is 1. The number of nitro groups is 1. The van der Waals surface area contributed by atoms with Crippen LogP contribution < -0.4 is 11.2 Å². The third-order valence-electron chi connectivity index (χ3n) is 5.83. The van der Waals surface area contributed by atoms with Crippen LogP contribution in [0, 0.1) is 17.0 Å². The number of non-ortho nitro benzene ring substituents is 1. The van der Waals surface area contributed by atoms with Gasteiger partial charge in [0.15, 0.2) is 0 Å². The zero-order valence-electron chi connectivity index (χ0n) is 18.1. The van der Waals surface area contributed by atoms with Gasteiger partial charge in [-0.15, -0.1) is 4.68 Å². The standard InChI is InChI=1S/C25H19N5O4/c1-16-21(14-26-29-24(31)20-10-2-4-11-22(20)27-25(29)32)19-9-3-5-12-23(19)28(16)15-17-7-6-8-18(13-17)30(33)34/h2-14H,15H2,1H3,(H,27,32). The maximum Gasteiger partial charge on any atom is 0.349 e. The van der Waals surface area contributed by atoms with Gasteiger partial charge in [0.2, 0.25) is 0 Å². The summed E-state index contributed by atoms with van der Waals surface area (Å²) in [6.45, 7) is 2.32. The van der Waals surface area contributed by atoms with Gasteiger partial charge >= 0.3 is 5.69 Å². The number of nitro benzene ring substituents is 1. The Hall–Kier alpha value is -4.79. The van der Waals surface area contributed by atoms with E-state index in [1.54, 1.807) is 36.4 Å². The van der Waals surface area contributed by atoms with Gasteiger partial charge in [0, 0.05) is 40.8 Å². The lowest BCUT2D eigenvalue weighted by molar-refractivity contribution is -0.384. The highest BCUT2D eigenvalue weighted by Gasteiger charge is 2.15. The summed E-state index contributed by atoms with van der Waals surface area (Å²) in [6, 6.07) is 21.0. The number of fused-ring (bicyclic) bond motifs is 2. The van der Waals surface area contributed by atoms with Crippen LogP contribution in [0.5, 0.6) is 0 Å². The van der Waals surface area contributed by atoms with Crippen LogP contribution in [0.2, 0.25) is 0 Å². The van der Waals surface area contributed by atoms with Gasteiger partial charge in [-0.3, -0.25) is 14.9 Å². The molecule has 0 radical (unpaired) electrons. The molecule has 0 saturated heterocycles. The summed E-state index contributed by atoms with van der Waals surface area (Å²) in [6.07, 6.45) is 1.51. The van der Waals surface area contributed by atoms with Gasteiger partial charge < -0.3 is 9.55 Å². The number of hydrogen-bond acceptors (Lipinski definition) is 5. The molecular formula is C25H19N5O4. The molecule has 9 nitrogen and oxygen atoms in total. The molecule has 0 aliphatic heterocycles. The Kier molecular flexibility index (Phi) is 5.14.